The summed E-state index contributed by atoms with van der Waals surface area (Å²) in [5.41, 5.74) is 2.49. The molecule has 0 radical (unpaired) electrons. The van der Waals surface area contributed by atoms with Gasteiger partial charge in [-0.05, 0) is 18.0 Å². The van der Waals surface area contributed by atoms with Crippen LogP contribution in [0.15, 0.2) is 12.5 Å². The van der Waals surface area contributed by atoms with E-state index >= 15 is 0 Å². The molecule has 3 rings (SSSR count). The summed E-state index contributed by atoms with van der Waals surface area (Å²) in [6.45, 7) is 2.12. The van der Waals surface area contributed by atoms with Gasteiger partial charge in [-0.2, -0.15) is 0 Å². The molecule has 0 saturated heterocycles. The SMILES string of the molecule is CCCc1nnsc1-c1nc2ncncc2[nH]1. The average molecular weight is 246 g/mol. The molecule has 86 valence electrons. The lowest BCUT2D eigenvalue weighted by Crippen LogP contribution is -1.88. The molecular weight excluding hydrogens is 236 g/mol. The van der Waals surface area contributed by atoms with Gasteiger partial charge in [0.25, 0.3) is 0 Å². The highest BCUT2D eigenvalue weighted by Crippen LogP contribution is 2.25. The zero-order valence-corrected chi connectivity index (χ0v) is 10.0. The van der Waals surface area contributed by atoms with Crippen LogP contribution in [0.3, 0.4) is 0 Å². The van der Waals surface area contributed by atoms with Crippen LogP contribution in [0.1, 0.15) is 19.0 Å². The molecule has 0 atom stereocenters. The quantitative estimate of drug-likeness (QED) is 0.762. The highest BCUT2D eigenvalue weighted by Gasteiger charge is 2.13. The highest BCUT2D eigenvalue weighted by atomic mass is 32.1. The molecule has 0 aliphatic heterocycles. The number of nitrogens with one attached hydrogen (secondary N) is 1. The molecule has 0 amide bonds. The Morgan fingerprint density at radius 2 is 2.35 bits per heavy atom. The van der Waals surface area contributed by atoms with E-state index in [2.05, 4.69) is 36.4 Å². The minimum atomic E-state index is 0.672. The standard InChI is InChI=1S/C10H10N6S/c1-2-3-6-8(17-16-15-6)10-13-7-4-11-5-12-9(7)14-10/h4-5H,2-3H2,1H3,(H,11,12,13,14). The molecule has 0 spiro atoms. The number of aromatic nitrogens is 6. The molecule has 0 bridgehead atoms. The van der Waals surface area contributed by atoms with E-state index in [1.165, 1.54) is 17.9 Å². The molecule has 3 aromatic heterocycles. The number of hydrogen-bond acceptors (Lipinski definition) is 6. The Morgan fingerprint density at radius 1 is 1.41 bits per heavy atom. The van der Waals surface area contributed by atoms with Crippen molar-refractivity contribution < 1.29 is 0 Å². The third kappa shape index (κ3) is 1.78. The lowest BCUT2D eigenvalue weighted by Gasteiger charge is -1.94. The van der Waals surface area contributed by atoms with Gasteiger partial charge in [0.15, 0.2) is 11.5 Å². The van der Waals surface area contributed by atoms with Gasteiger partial charge in [-0.3, -0.25) is 0 Å². The smallest absolute Gasteiger partial charge is 0.181 e. The fourth-order valence-corrected chi connectivity index (χ4v) is 2.31. The second kappa shape index (κ2) is 4.17. The first kappa shape index (κ1) is 10.3. The van der Waals surface area contributed by atoms with Gasteiger partial charge in [-0.25, -0.2) is 15.0 Å². The number of hydrogen-bond donors (Lipinski definition) is 1. The zero-order valence-electron chi connectivity index (χ0n) is 9.21. The summed E-state index contributed by atoms with van der Waals surface area (Å²) in [6, 6.07) is 0. The maximum absolute atomic E-state index is 4.42. The van der Waals surface area contributed by atoms with E-state index < -0.39 is 0 Å². The van der Waals surface area contributed by atoms with Crippen LogP contribution < -0.4 is 0 Å². The molecule has 6 nitrogen and oxygen atoms in total. The van der Waals surface area contributed by atoms with E-state index in [0.29, 0.717) is 5.65 Å². The maximum atomic E-state index is 4.42. The van der Waals surface area contributed by atoms with Crippen LogP contribution in [0.25, 0.3) is 21.9 Å². The van der Waals surface area contributed by atoms with Crippen molar-refractivity contribution in [3.63, 3.8) is 0 Å². The Bertz CT molecular complexity index is 610. The number of nitrogens with zero attached hydrogens (tertiary/aromatic N) is 5. The predicted molar refractivity (Wildman–Crippen MR) is 64.6 cm³/mol. The molecule has 0 aromatic carbocycles. The molecular formula is C10H10N6S. The van der Waals surface area contributed by atoms with Crippen LogP contribution in [-0.4, -0.2) is 29.5 Å². The summed E-state index contributed by atoms with van der Waals surface area (Å²) in [5, 5.41) is 4.12. The van der Waals surface area contributed by atoms with Gasteiger partial charge < -0.3 is 4.98 Å². The first-order valence-electron chi connectivity index (χ1n) is 5.36. The van der Waals surface area contributed by atoms with E-state index in [1.54, 1.807) is 6.20 Å². The van der Waals surface area contributed by atoms with Crippen LogP contribution >= 0.6 is 11.5 Å². The second-order valence-electron chi connectivity index (χ2n) is 3.64. The van der Waals surface area contributed by atoms with E-state index in [1.807, 2.05) is 0 Å². The van der Waals surface area contributed by atoms with Crippen molar-refractivity contribution in [1.82, 2.24) is 29.5 Å². The van der Waals surface area contributed by atoms with Crippen molar-refractivity contribution in [2.45, 2.75) is 19.8 Å². The number of imidazole rings is 1. The number of rotatable bonds is 3. The topological polar surface area (TPSA) is 80.2 Å². The van der Waals surface area contributed by atoms with E-state index in [-0.39, 0.29) is 0 Å². The van der Waals surface area contributed by atoms with E-state index in [0.717, 1.165) is 34.8 Å². The largest absolute Gasteiger partial charge is 0.335 e. The van der Waals surface area contributed by atoms with Gasteiger partial charge in [0.05, 0.1) is 11.9 Å². The van der Waals surface area contributed by atoms with Crippen molar-refractivity contribution in [3.05, 3.63) is 18.2 Å². The Morgan fingerprint density at radius 3 is 3.18 bits per heavy atom. The summed E-state index contributed by atoms with van der Waals surface area (Å²) in [7, 11) is 0. The molecule has 0 aliphatic carbocycles. The monoisotopic (exact) mass is 246 g/mol. The van der Waals surface area contributed by atoms with Crippen LogP contribution in [0, 0.1) is 0 Å². The Kier molecular flexibility index (Phi) is 2.52. The molecule has 3 heterocycles. The van der Waals surface area contributed by atoms with Gasteiger partial charge in [0.2, 0.25) is 0 Å². The molecule has 0 fully saturated rings. The first-order valence-corrected chi connectivity index (χ1v) is 6.13. The maximum Gasteiger partial charge on any atom is 0.181 e. The minimum absolute atomic E-state index is 0.672. The Balaban J connectivity index is 2.10. The van der Waals surface area contributed by atoms with E-state index in [4.69, 9.17) is 0 Å². The van der Waals surface area contributed by atoms with E-state index in [9.17, 15) is 0 Å². The molecule has 3 aromatic rings. The van der Waals surface area contributed by atoms with Crippen molar-refractivity contribution in [2.24, 2.45) is 0 Å². The lowest BCUT2D eigenvalue weighted by atomic mass is 10.2. The number of fused-ring (bicyclic) bond motifs is 1. The molecule has 7 heteroatoms. The van der Waals surface area contributed by atoms with Gasteiger partial charge >= 0.3 is 0 Å². The summed E-state index contributed by atoms with van der Waals surface area (Å²) < 4.78 is 3.98. The summed E-state index contributed by atoms with van der Waals surface area (Å²) in [6.07, 6.45) is 5.16. The first-order chi connectivity index (χ1) is 8.38. The average Bonchev–Trinajstić information content (AvgIpc) is 2.94. The number of H-pyrrole nitrogens is 1. The Labute approximate surface area is 101 Å². The molecule has 17 heavy (non-hydrogen) atoms. The van der Waals surface area contributed by atoms with Crippen molar-refractivity contribution in [2.75, 3.05) is 0 Å². The van der Waals surface area contributed by atoms with Crippen LogP contribution in [0.5, 0.6) is 0 Å². The highest BCUT2D eigenvalue weighted by molar-refractivity contribution is 7.09. The summed E-state index contributed by atoms with van der Waals surface area (Å²) in [5.74, 6) is 0.777. The molecule has 0 saturated carbocycles. The van der Waals surface area contributed by atoms with Gasteiger partial charge in [0.1, 0.15) is 16.7 Å². The predicted octanol–water partition coefficient (Wildman–Crippen LogP) is 1.82. The third-order valence-corrected chi connectivity index (χ3v) is 3.19. The van der Waals surface area contributed by atoms with Gasteiger partial charge in [-0.15, -0.1) is 5.10 Å². The fourth-order valence-electron chi connectivity index (χ4n) is 1.66. The minimum Gasteiger partial charge on any atom is -0.335 e. The van der Waals surface area contributed by atoms with Crippen molar-refractivity contribution in [3.8, 4) is 10.7 Å². The summed E-state index contributed by atoms with van der Waals surface area (Å²) in [4.78, 5) is 16.7. The second-order valence-corrected chi connectivity index (χ2v) is 4.40. The van der Waals surface area contributed by atoms with Gasteiger partial charge in [0, 0.05) is 0 Å². The molecule has 0 aliphatic rings. The molecule has 1 N–H and O–H groups in total. The third-order valence-electron chi connectivity index (χ3n) is 2.42. The van der Waals surface area contributed by atoms with Crippen LogP contribution in [0.4, 0.5) is 0 Å². The summed E-state index contributed by atoms with van der Waals surface area (Å²) >= 11 is 1.35. The Hall–Kier alpha value is -1.89. The van der Waals surface area contributed by atoms with Gasteiger partial charge in [-0.1, -0.05) is 17.8 Å². The number of aromatic amines is 1. The zero-order chi connectivity index (χ0) is 11.7. The van der Waals surface area contributed by atoms with Crippen LogP contribution in [-0.2, 0) is 6.42 Å². The fraction of sp³-hybridized carbons (Fsp3) is 0.300. The van der Waals surface area contributed by atoms with Crippen molar-refractivity contribution >= 4 is 22.7 Å². The lowest BCUT2D eigenvalue weighted by molar-refractivity contribution is 0.870. The number of aryl methyl sites for hydroxylation is 1. The molecule has 0 unspecified atom stereocenters. The van der Waals surface area contributed by atoms with Crippen molar-refractivity contribution in [1.29, 1.82) is 0 Å². The normalized spacial score (nSPS) is 11.1. The van der Waals surface area contributed by atoms with Crippen LogP contribution in [0.2, 0.25) is 0 Å².